The summed E-state index contributed by atoms with van der Waals surface area (Å²) in [5.41, 5.74) is 1.17. The first kappa shape index (κ1) is 18.9. The molecule has 1 aromatic carbocycles. The van der Waals surface area contributed by atoms with Crippen molar-refractivity contribution in [3.05, 3.63) is 29.5 Å². The van der Waals surface area contributed by atoms with Gasteiger partial charge in [0.05, 0.1) is 4.90 Å². The van der Waals surface area contributed by atoms with Crippen LogP contribution in [0.15, 0.2) is 27.5 Å². The highest BCUT2D eigenvalue weighted by Gasteiger charge is 2.29. The fraction of sp³-hybridized carbons (Fsp3) is 0.526. The number of nitrogens with one attached hydrogen (secondary N) is 1. The molecule has 1 aromatic heterocycles. The molecule has 0 radical (unpaired) electrons. The van der Waals surface area contributed by atoms with Gasteiger partial charge in [0.25, 0.3) is 5.91 Å². The standard InChI is InChI=1S/C19H26N2O4S/c1-12(2)20-19(22)18-14(4)16-10-15(7-8-17(16)25-18)26(23,24)21-9-5-6-13(3)11-21/h7-8,10,12-13H,5-6,9,11H2,1-4H3,(H,20,22). The summed E-state index contributed by atoms with van der Waals surface area (Å²) in [6, 6.07) is 4.81. The molecule has 0 saturated carbocycles. The number of rotatable bonds is 4. The zero-order valence-corrected chi connectivity index (χ0v) is 16.5. The van der Waals surface area contributed by atoms with Crippen LogP contribution >= 0.6 is 0 Å². The van der Waals surface area contributed by atoms with Crippen molar-refractivity contribution in [1.29, 1.82) is 0 Å². The van der Waals surface area contributed by atoms with E-state index in [-0.39, 0.29) is 22.6 Å². The SMILES string of the molecule is Cc1c(C(=O)NC(C)C)oc2ccc(S(=O)(=O)N3CCCC(C)C3)cc12. The maximum atomic E-state index is 13.0. The molecule has 1 aliphatic rings. The number of carbonyl (C=O) groups excluding carboxylic acids is 1. The molecular weight excluding hydrogens is 352 g/mol. The lowest BCUT2D eigenvalue weighted by atomic mass is 10.0. The molecule has 1 amide bonds. The van der Waals surface area contributed by atoms with Crippen molar-refractivity contribution >= 4 is 26.9 Å². The van der Waals surface area contributed by atoms with E-state index in [2.05, 4.69) is 12.2 Å². The molecule has 0 aliphatic carbocycles. The summed E-state index contributed by atoms with van der Waals surface area (Å²) in [5.74, 6) is 0.307. The average Bonchev–Trinajstić information content (AvgIpc) is 2.91. The van der Waals surface area contributed by atoms with Crippen LogP contribution < -0.4 is 5.32 Å². The summed E-state index contributed by atoms with van der Waals surface area (Å²) in [7, 11) is -3.54. The van der Waals surface area contributed by atoms with E-state index in [1.807, 2.05) is 13.8 Å². The van der Waals surface area contributed by atoms with E-state index >= 15 is 0 Å². The number of piperidine rings is 1. The molecule has 1 atom stereocenters. The number of fused-ring (bicyclic) bond motifs is 1. The number of benzene rings is 1. The molecule has 142 valence electrons. The van der Waals surface area contributed by atoms with Crippen molar-refractivity contribution in [1.82, 2.24) is 9.62 Å². The molecule has 2 aromatic rings. The molecule has 7 heteroatoms. The van der Waals surface area contributed by atoms with Crippen LogP contribution in [-0.2, 0) is 10.0 Å². The molecule has 0 spiro atoms. The molecular formula is C19H26N2O4S. The van der Waals surface area contributed by atoms with Gasteiger partial charge in [-0.15, -0.1) is 0 Å². The highest BCUT2D eigenvalue weighted by Crippen LogP contribution is 2.30. The first-order valence-corrected chi connectivity index (χ1v) is 10.5. The largest absolute Gasteiger partial charge is 0.451 e. The van der Waals surface area contributed by atoms with E-state index in [9.17, 15) is 13.2 Å². The summed E-state index contributed by atoms with van der Waals surface area (Å²) < 4.78 is 33.2. The fourth-order valence-corrected chi connectivity index (χ4v) is 5.04. The Labute approximate surface area is 154 Å². The second-order valence-corrected chi connectivity index (χ2v) is 9.39. The van der Waals surface area contributed by atoms with Gasteiger partial charge in [0.15, 0.2) is 5.76 Å². The minimum absolute atomic E-state index is 0.00728. The van der Waals surface area contributed by atoms with Crippen molar-refractivity contribution in [2.24, 2.45) is 5.92 Å². The van der Waals surface area contributed by atoms with Crippen molar-refractivity contribution in [3.63, 3.8) is 0 Å². The maximum Gasteiger partial charge on any atom is 0.287 e. The predicted octanol–water partition coefficient (Wildman–Crippen LogP) is 3.30. The third-order valence-corrected chi connectivity index (χ3v) is 6.65. The number of hydrogen-bond donors (Lipinski definition) is 1. The quantitative estimate of drug-likeness (QED) is 0.885. The van der Waals surface area contributed by atoms with Crippen LogP contribution in [0, 0.1) is 12.8 Å². The van der Waals surface area contributed by atoms with Crippen LogP contribution in [-0.4, -0.2) is 37.8 Å². The monoisotopic (exact) mass is 378 g/mol. The van der Waals surface area contributed by atoms with Gasteiger partial charge in [-0.05, 0) is 57.7 Å². The number of aryl methyl sites for hydroxylation is 1. The van der Waals surface area contributed by atoms with E-state index in [0.29, 0.717) is 35.5 Å². The highest BCUT2D eigenvalue weighted by molar-refractivity contribution is 7.89. The van der Waals surface area contributed by atoms with E-state index in [1.54, 1.807) is 29.4 Å². The zero-order chi connectivity index (χ0) is 19.1. The van der Waals surface area contributed by atoms with Crippen LogP contribution in [0.3, 0.4) is 0 Å². The Morgan fingerprint density at radius 3 is 2.73 bits per heavy atom. The summed E-state index contributed by atoms with van der Waals surface area (Å²) in [6.07, 6.45) is 1.94. The third-order valence-electron chi connectivity index (χ3n) is 4.79. The summed E-state index contributed by atoms with van der Waals surface area (Å²) in [4.78, 5) is 12.5. The van der Waals surface area contributed by atoms with Crippen molar-refractivity contribution in [2.45, 2.75) is 51.5 Å². The van der Waals surface area contributed by atoms with Gasteiger partial charge in [-0.2, -0.15) is 4.31 Å². The van der Waals surface area contributed by atoms with Gasteiger partial charge in [-0.25, -0.2) is 8.42 Å². The molecule has 1 N–H and O–H groups in total. The van der Waals surface area contributed by atoms with Gasteiger partial charge < -0.3 is 9.73 Å². The molecule has 6 nitrogen and oxygen atoms in total. The van der Waals surface area contributed by atoms with E-state index in [0.717, 1.165) is 12.8 Å². The summed E-state index contributed by atoms with van der Waals surface area (Å²) in [6.45, 7) is 8.70. The Kier molecular flexibility index (Phi) is 5.12. The lowest BCUT2D eigenvalue weighted by Crippen LogP contribution is -2.39. The number of carbonyl (C=O) groups is 1. The van der Waals surface area contributed by atoms with E-state index < -0.39 is 10.0 Å². The fourth-order valence-electron chi connectivity index (χ4n) is 3.42. The second-order valence-electron chi connectivity index (χ2n) is 7.45. The maximum absolute atomic E-state index is 13.0. The third kappa shape index (κ3) is 3.50. The molecule has 26 heavy (non-hydrogen) atoms. The Balaban J connectivity index is 1.99. The van der Waals surface area contributed by atoms with Crippen LogP contribution in [0.4, 0.5) is 0 Å². The van der Waals surface area contributed by atoms with Gasteiger partial charge in [0.2, 0.25) is 10.0 Å². The molecule has 2 heterocycles. The first-order valence-electron chi connectivity index (χ1n) is 9.04. The normalized spacial score (nSPS) is 19.2. The van der Waals surface area contributed by atoms with Crippen LogP contribution in [0.1, 0.15) is 49.7 Å². The summed E-state index contributed by atoms with van der Waals surface area (Å²) in [5, 5.41) is 3.46. The van der Waals surface area contributed by atoms with Gasteiger partial charge in [0.1, 0.15) is 5.58 Å². The Morgan fingerprint density at radius 1 is 1.35 bits per heavy atom. The molecule has 3 rings (SSSR count). The van der Waals surface area contributed by atoms with Crippen molar-refractivity contribution in [3.8, 4) is 0 Å². The molecule has 1 unspecified atom stereocenters. The topological polar surface area (TPSA) is 79.6 Å². The molecule has 1 saturated heterocycles. The smallest absolute Gasteiger partial charge is 0.287 e. The average molecular weight is 378 g/mol. The van der Waals surface area contributed by atoms with Gasteiger partial charge >= 0.3 is 0 Å². The highest BCUT2D eigenvalue weighted by atomic mass is 32.2. The lowest BCUT2D eigenvalue weighted by molar-refractivity contribution is 0.0916. The van der Waals surface area contributed by atoms with Gasteiger partial charge in [-0.1, -0.05) is 6.92 Å². The first-order chi connectivity index (χ1) is 12.2. The molecule has 1 fully saturated rings. The molecule has 0 bridgehead atoms. The van der Waals surface area contributed by atoms with Gasteiger partial charge in [0, 0.05) is 30.1 Å². The summed E-state index contributed by atoms with van der Waals surface area (Å²) >= 11 is 0. The number of nitrogens with zero attached hydrogens (tertiary/aromatic N) is 1. The Hall–Kier alpha value is -1.86. The predicted molar refractivity (Wildman–Crippen MR) is 101 cm³/mol. The zero-order valence-electron chi connectivity index (χ0n) is 15.7. The van der Waals surface area contributed by atoms with Crippen LogP contribution in [0.5, 0.6) is 0 Å². The Bertz CT molecular complexity index is 930. The lowest BCUT2D eigenvalue weighted by Gasteiger charge is -2.30. The van der Waals surface area contributed by atoms with Crippen molar-refractivity contribution in [2.75, 3.05) is 13.1 Å². The van der Waals surface area contributed by atoms with E-state index in [1.165, 1.54) is 0 Å². The number of sulfonamides is 1. The van der Waals surface area contributed by atoms with Crippen LogP contribution in [0.2, 0.25) is 0 Å². The second kappa shape index (κ2) is 7.04. The van der Waals surface area contributed by atoms with Crippen LogP contribution in [0.25, 0.3) is 11.0 Å². The Morgan fingerprint density at radius 2 is 2.08 bits per heavy atom. The van der Waals surface area contributed by atoms with Gasteiger partial charge in [-0.3, -0.25) is 4.79 Å². The number of furan rings is 1. The molecule has 1 aliphatic heterocycles. The van der Waals surface area contributed by atoms with E-state index in [4.69, 9.17) is 4.42 Å². The minimum atomic E-state index is -3.54. The minimum Gasteiger partial charge on any atom is -0.451 e. The number of amides is 1. The number of hydrogen-bond acceptors (Lipinski definition) is 4. The van der Waals surface area contributed by atoms with Crippen molar-refractivity contribution < 1.29 is 17.6 Å².